The maximum Gasteiger partial charge on any atom is 0.231 e. The highest BCUT2D eigenvalue weighted by atomic mass is 79.9. The van der Waals surface area contributed by atoms with Gasteiger partial charge in [0.2, 0.25) is 6.79 Å². The quantitative estimate of drug-likeness (QED) is 0.868. The van der Waals surface area contributed by atoms with Crippen molar-refractivity contribution in [2.45, 2.75) is 26.4 Å². The summed E-state index contributed by atoms with van der Waals surface area (Å²) < 4.78 is 11.6. The van der Waals surface area contributed by atoms with Crippen molar-refractivity contribution in [2.24, 2.45) is 5.92 Å². The van der Waals surface area contributed by atoms with E-state index in [1.54, 1.807) is 0 Å². The lowest BCUT2D eigenvalue weighted by Crippen LogP contribution is -2.31. The van der Waals surface area contributed by atoms with Crippen molar-refractivity contribution in [3.63, 3.8) is 0 Å². The van der Waals surface area contributed by atoms with Crippen LogP contribution in [-0.4, -0.2) is 12.8 Å². The fourth-order valence-corrected chi connectivity index (χ4v) is 2.44. The molecule has 3 nitrogen and oxygen atoms in total. The van der Waals surface area contributed by atoms with Crippen LogP contribution in [0.1, 0.15) is 19.4 Å². The summed E-state index contributed by atoms with van der Waals surface area (Å²) in [7, 11) is 0. The van der Waals surface area contributed by atoms with Crippen LogP contribution in [0.15, 0.2) is 16.6 Å². The molecule has 1 unspecified atom stereocenters. The van der Waals surface area contributed by atoms with Crippen LogP contribution in [0, 0.1) is 18.3 Å². The summed E-state index contributed by atoms with van der Waals surface area (Å²) >= 11 is 3.48. The van der Waals surface area contributed by atoms with Crippen LogP contribution in [0.3, 0.4) is 0 Å². The molecule has 0 bridgehead atoms. The minimum absolute atomic E-state index is 0.0780. The molecule has 0 radical (unpaired) electrons. The van der Waals surface area contributed by atoms with E-state index in [9.17, 15) is 0 Å². The van der Waals surface area contributed by atoms with Crippen molar-refractivity contribution >= 4 is 15.9 Å². The molecule has 0 fully saturated rings. The summed E-state index contributed by atoms with van der Waals surface area (Å²) in [5, 5.41) is 3.35. The Hall–Kier alpha value is -1.18. The summed E-state index contributed by atoms with van der Waals surface area (Å²) in [5.41, 5.74) is 1.12. The smallest absolute Gasteiger partial charge is 0.231 e. The lowest BCUT2D eigenvalue weighted by atomic mass is 10.0. The Kier molecular flexibility index (Phi) is 4.15. The topological polar surface area (TPSA) is 30.5 Å². The maximum atomic E-state index is 5.49. The largest absolute Gasteiger partial charge is 0.454 e. The molecule has 96 valence electrons. The minimum Gasteiger partial charge on any atom is -0.454 e. The molecule has 0 spiro atoms. The van der Waals surface area contributed by atoms with Crippen LogP contribution in [-0.2, 0) is 6.54 Å². The Balaban J connectivity index is 2.07. The van der Waals surface area contributed by atoms with Crippen LogP contribution >= 0.6 is 15.9 Å². The summed E-state index contributed by atoms with van der Waals surface area (Å²) in [6.07, 6.45) is 5.49. The minimum atomic E-state index is 0.0780. The first-order valence-corrected chi connectivity index (χ1v) is 6.68. The van der Waals surface area contributed by atoms with E-state index in [0.29, 0.717) is 12.5 Å². The molecule has 0 aliphatic carbocycles. The van der Waals surface area contributed by atoms with Gasteiger partial charge in [0.1, 0.15) is 0 Å². The molecule has 1 aliphatic rings. The zero-order chi connectivity index (χ0) is 13.1. The Morgan fingerprint density at radius 2 is 2.22 bits per heavy atom. The number of terminal acetylenes is 1. The molecule has 0 saturated heterocycles. The maximum absolute atomic E-state index is 5.49. The first kappa shape index (κ1) is 13.3. The SMILES string of the molecule is C#CC(NCc1cc(Br)c2c(c1)OCO2)C(C)C. The number of ether oxygens (including phenoxy) is 2. The summed E-state index contributed by atoms with van der Waals surface area (Å²) in [6, 6.07) is 4.08. The molecule has 4 heteroatoms. The van der Waals surface area contributed by atoms with E-state index in [1.807, 2.05) is 12.1 Å². The number of hydrogen-bond donors (Lipinski definition) is 1. The lowest BCUT2D eigenvalue weighted by molar-refractivity contribution is 0.173. The van der Waals surface area contributed by atoms with Gasteiger partial charge in [-0.15, -0.1) is 6.42 Å². The number of halogens is 1. The van der Waals surface area contributed by atoms with Crippen molar-refractivity contribution in [1.82, 2.24) is 5.32 Å². The first-order chi connectivity index (χ1) is 8.61. The van der Waals surface area contributed by atoms with Crippen LogP contribution in [0.25, 0.3) is 0 Å². The number of hydrogen-bond acceptors (Lipinski definition) is 3. The predicted molar refractivity (Wildman–Crippen MR) is 74.6 cm³/mol. The van der Waals surface area contributed by atoms with Gasteiger partial charge in [-0.25, -0.2) is 0 Å². The second-order valence-electron chi connectivity index (χ2n) is 4.58. The van der Waals surface area contributed by atoms with Crippen molar-refractivity contribution in [2.75, 3.05) is 6.79 Å². The molecule has 1 atom stereocenters. The van der Waals surface area contributed by atoms with Gasteiger partial charge in [-0.1, -0.05) is 19.8 Å². The van der Waals surface area contributed by atoms with Crippen molar-refractivity contribution in [1.29, 1.82) is 0 Å². The Morgan fingerprint density at radius 3 is 2.89 bits per heavy atom. The van der Waals surface area contributed by atoms with Crippen LogP contribution in [0.4, 0.5) is 0 Å². The van der Waals surface area contributed by atoms with E-state index in [2.05, 4.69) is 41.0 Å². The molecular weight excluding hydrogens is 294 g/mol. The van der Waals surface area contributed by atoms with Gasteiger partial charge in [-0.05, 0) is 39.5 Å². The monoisotopic (exact) mass is 309 g/mol. The standard InChI is InChI=1S/C14H16BrNO2/c1-4-12(9(2)3)16-7-10-5-11(15)14-13(6-10)17-8-18-14/h1,5-6,9,12,16H,7-8H2,2-3H3. The zero-order valence-electron chi connectivity index (χ0n) is 10.5. The molecule has 1 heterocycles. The number of benzene rings is 1. The van der Waals surface area contributed by atoms with Gasteiger partial charge in [0.05, 0.1) is 10.5 Å². The van der Waals surface area contributed by atoms with Gasteiger partial charge in [-0.2, -0.15) is 0 Å². The van der Waals surface area contributed by atoms with Crippen molar-refractivity contribution in [3.8, 4) is 23.8 Å². The molecule has 0 aromatic heterocycles. The summed E-state index contributed by atoms with van der Waals surface area (Å²) in [5.74, 6) is 4.72. The molecule has 1 N–H and O–H groups in total. The third-order valence-electron chi connectivity index (χ3n) is 2.86. The van der Waals surface area contributed by atoms with Gasteiger partial charge in [0, 0.05) is 6.54 Å². The molecule has 1 aliphatic heterocycles. The lowest BCUT2D eigenvalue weighted by Gasteiger charge is -2.16. The molecule has 18 heavy (non-hydrogen) atoms. The van der Waals surface area contributed by atoms with E-state index in [4.69, 9.17) is 15.9 Å². The van der Waals surface area contributed by atoms with Crippen LogP contribution in [0.2, 0.25) is 0 Å². The second-order valence-corrected chi connectivity index (χ2v) is 5.44. The fraction of sp³-hybridized carbons (Fsp3) is 0.429. The van der Waals surface area contributed by atoms with Gasteiger partial charge >= 0.3 is 0 Å². The highest BCUT2D eigenvalue weighted by Crippen LogP contribution is 2.39. The summed E-state index contributed by atoms with van der Waals surface area (Å²) in [6.45, 7) is 5.20. The van der Waals surface area contributed by atoms with E-state index >= 15 is 0 Å². The number of nitrogens with one attached hydrogen (secondary N) is 1. The highest BCUT2D eigenvalue weighted by molar-refractivity contribution is 9.10. The van der Waals surface area contributed by atoms with Crippen LogP contribution in [0.5, 0.6) is 11.5 Å². The van der Waals surface area contributed by atoms with Gasteiger partial charge in [0.15, 0.2) is 11.5 Å². The Bertz CT molecular complexity index is 479. The third kappa shape index (κ3) is 2.80. The molecule has 0 saturated carbocycles. The molecule has 2 rings (SSSR count). The average Bonchev–Trinajstić information content (AvgIpc) is 2.78. The normalized spacial score (nSPS) is 14.6. The van der Waals surface area contributed by atoms with E-state index in [0.717, 1.165) is 21.5 Å². The molecule has 0 amide bonds. The number of rotatable bonds is 4. The molecular formula is C14H16BrNO2. The third-order valence-corrected chi connectivity index (χ3v) is 3.45. The van der Waals surface area contributed by atoms with E-state index in [-0.39, 0.29) is 12.8 Å². The predicted octanol–water partition coefficient (Wildman–Crippen LogP) is 2.93. The summed E-state index contributed by atoms with van der Waals surface area (Å²) in [4.78, 5) is 0. The Labute approximate surface area is 116 Å². The first-order valence-electron chi connectivity index (χ1n) is 5.89. The van der Waals surface area contributed by atoms with Crippen molar-refractivity contribution in [3.05, 3.63) is 22.2 Å². The molecule has 1 aromatic rings. The molecule has 1 aromatic carbocycles. The second kappa shape index (κ2) is 5.64. The van der Waals surface area contributed by atoms with Crippen LogP contribution < -0.4 is 14.8 Å². The zero-order valence-corrected chi connectivity index (χ0v) is 12.1. The van der Waals surface area contributed by atoms with Crippen molar-refractivity contribution < 1.29 is 9.47 Å². The number of fused-ring (bicyclic) bond motifs is 1. The fourth-order valence-electron chi connectivity index (χ4n) is 1.84. The Morgan fingerprint density at radius 1 is 1.44 bits per heavy atom. The van der Waals surface area contributed by atoms with Gasteiger partial charge in [-0.3, -0.25) is 5.32 Å². The highest BCUT2D eigenvalue weighted by Gasteiger charge is 2.18. The van der Waals surface area contributed by atoms with E-state index < -0.39 is 0 Å². The average molecular weight is 310 g/mol. The van der Waals surface area contributed by atoms with Gasteiger partial charge in [0.25, 0.3) is 0 Å². The van der Waals surface area contributed by atoms with Gasteiger partial charge < -0.3 is 9.47 Å². The van der Waals surface area contributed by atoms with E-state index in [1.165, 1.54) is 0 Å².